The molecule has 1 aromatic heterocycles. The molecule has 2 heterocycles. The summed E-state index contributed by atoms with van der Waals surface area (Å²) < 4.78 is 6.34. The topological polar surface area (TPSA) is 62.7 Å². The van der Waals surface area contributed by atoms with Crippen molar-refractivity contribution in [2.24, 2.45) is 5.41 Å². The summed E-state index contributed by atoms with van der Waals surface area (Å²) in [6.07, 6.45) is 0.390. The highest BCUT2D eigenvalue weighted by atomic mass is 35.5. The second-order valence-electron chi connectivity index (χ2n) is 7.15. The van der Waals surface area contributed by atoms with E-state index in [0.29, 0.717) is 24.0 Å². The molecule has 1 unspecified atom stereocenters. The van der Waals surface area contributed by atoms with Gasteiger partial charge in [0.15, 0.2) is 5.72 Å². The minimum Gasteiger partial charge on any atom is -0.465 e. The molecule has 6 heteroatoms. The Bertz CT molecular complexity index is 787. The van der Waals surface area contributed by atoms with E-state index in [0.717, 1.165) is 17.2 Å². The van der Waals surface area contributed by atoms with Crippen LogP contribution in [0.25, 0.3) is 10.8 Å². The second kappa shape index (κ2) is 5.81. The number of carboxylic acid groups (broad SMARTS) is 1. The van der Waals surface area contributed by atoms with Gasteiger partial charge in [0.25, 0.3) is 0 Å². The van der Waals surface area contributed by atoms with Crippen LogP contribution in [0, 0.1) is 5.41 Å². The predicted octanol–water partition coefficient (Wildman–Crippen LogP) is 4.78. The van der Waals surface area contributed by atoms with E-state index in [2.05, 4.69) is 4.98 Å². The van der Waals surface area contributed by atoms with E-state index in [-0.39, 0.29) is 0 Å². The number of amides is 1. The van der Waals surface area contributed by atoms with Gasteiger partial charge in [-0.05, 0) is 23.9 Å². The predicted molar refractivity (Wildman–Crippen MR) is 93.5 cm³/mol. The first kappa shape index (κ1) is 16.8. The lowest BCUT2D eigenvalue weighted by Crippen LogP contribution is -2.59. The lowest BCUT2D eigenvalue weighted by molar-refractivity contribution is -0.121. The van der Waals surface area contributed by atoms with Crippen molar-refractivity contribution in [1.82, 2.24) is 9.88 Å². The molecule has 128 valence electrons. The lowest BCUT2D eigenvalue weighted by Gasteiger charge is -2.46. The molecule has 2 aromatic rings. The minimum absolute atomic E-state index is 0.327. The van der Waals surface area contributed by atoms with Crippen molar-refractivity contribution < 1.29 is 14.6 Å². The lowest BCUT2D eigenvalue weighted by atomic mass is 9.81. The van der Waals surface area contributed by atoms with Gasteiger partial charge in [0, 0.05) is 23.8 Å². The zero-order valence-electron chi connectivity index (χ0n) is 14.0. The van der Waals surface area contributed by atoms with Gasteiger partial charge in [-0.25, -0.2) is 9.78 Å². The van der Waals surface area contributed by atoms with Crippen molar-refractivity contribution in [2.75, 3.05) is 6.54 Å². The number of fused-ring (bicyclic) bond motifs is 1. The molecule has 1 atom stereocenters. The summed E-state index contributed by atoms with van der Waals surface area (Å²) in [5, 5.41) is 11.7. The maximum absolute atomic E-state index is 11.8. The standard InChI is InChI=1S/C18H21ClN2O3/c1-17(2,3)18(9-6-10-21(18)16(22)23)24-15-13-8-5-4-7-12(13)11-14(19)20-15/h4-5,7-8,11H,6,9-10H2,1-3H3,(H,22,23). The van der Waals surface area contributed by atoms with Crippen LogP contribution < -0.4 is 4.74 Å². The van der Waals surface area contributed by atoms with E-state index in [4.69, 9.17) is 16.3 Å². The van der Waals surface area contributed by atoms with E-state index >= 15 is 0 Å². The molecule has 5 nitrogen and oxygen atoms in total. The van der Waals surface area contributed by atoms with Crippen LogP contribution in [0.2, 0.25) is 5.15 Å². The molecule has 1 amide bonds. The van der Waals surface area contributed by atoms with Crippen LogP contribution >= 0.6 is 11.6 Å². The largest absolute Gasteiger partial charge is 0.465 e. The Morgan fingerprint density at radius 1 is 1.38 bits per heavy atom. The zero-order valence-corrected chi connectivity index (χ0v) is 14.8. The average molecular weight is 349 g/mol. The average Bonchev–Trinajstić information content (AvgIpc) is 2.92. The molecule has 0 spiro atoms. The SMILES string of the molecule is CC(C)(C)C1(Oc2nc(Cl)cc3ccccc23)CCCN1C(=O)O. The molecular formula is C18H21ClN2O3. The highest BCUT2D eigenvalue weighted by Crippen LogP contribution is 2.45. The van der Waals surface area contributed by atoms with E-state index < -0.39 is 17.2 Å². The molecule has 1 aromatic carbocycles. The van der Waals surface area contributed by atoms with E-state index in [1.54, 1.807) is 6.07 Å². The Hall–Kier alpha value is -2.01. The van der Waals surface area contributed by atoms with Crippen LogP contribution in [-0.4, -0.2) is 33.4 Å². The third kappa shape index (κ3) is 2.67. The normalized spacial score (nSPS) is 21.2. The Kier molecular flexibility index (Phi) is 4.08. The van der Waals surface area contributed by atoms with Crippen LogP contribution in [0.1, 0.15) is 33.6 Å². The molecule has 0 radical (unpaired) electrons. The Labute approximate surface area is 146 Å². The zero-order chi connectivity index (χ0) is 17.5. The number of pyridine rings is 1. The second-order valence-corrected chi connectivity index (χ2v) is 7.53. The number of halogens is 1. The van der Waals surface area contributed by atoms with Crippen LogP contribution in [0.15, 0.2) is 30.3 Å². The molecule has 1 fully saturated rings. The number of benzene rings is 1. The smallest absolute Gasteiger partial charge is 0.410 e. The van der Waals surface area contributed by atoms with Crippen LogP contribution in [0.3, 0.4) is 0 Å². The summed E-state index contributed by atoms with van der Waals surface area (Å²) in [6, 6.07) is 9.43. The van der Waals surface area contributed by atoms with Gasteiger partial charge in [-0.15, -0.1) is 0 Å². The van der Waals surface area contributed by atoms with Gasteiger partial charge in [0.1, 0.15) is 5.15 Å². The van der Waals surface area contributed by atoms with Gasteiger partial charge >= 0.3 is 6.09 Å². The molecule has 0 aliphatic carbocycles. The van der Waals surface area contributed by atoms with Gasteiger partial charge in [-0.2, -0.15) is 0 Å². The summed E-state index contributed by atoms with van der Waals surface area (Å²) >= 11 is 6.15. The fourth-order valence-corrected chi connectivity index (χ4v) is 3.65. The summed E-state index contributed by atoms with van der Waals surface area (Å²) in [5.74, 6) is 0.376. The number of hydrogen-bond acceptors (Lipinski definition) is 3. The number of hydrogen-bond donors (Lipinski definition) is 1. The third-order valence-corrected chi connectivity index (χ3v) is 4.87. The van der Waals surface area contributed by atoms with Crippen LogP contribution in [0.4, 0.5) is 4.79 Å². The monoisotopic (exact) mass is 348 g/mol. The number of likely N-dealkylation sites (tertiary alicyclic amines) is 1. The fraction of sp³-hybridized carbons (Fsp3) is 0.444. The summed E-state index contributed by atoms with van der Waals surface area (Å²) in [4.78, 5) is 17.5. The molecule has 0 saturated carbocycles. The van der Waals surface area contributed by atoms with Gasteiger partial charge < -0.3 is 9.84 Å². The van der Waals surface area contributed by atoms with Crippen LogP contribution in [-0.2, 0) is 0 Å². The maximum atomic E-state index is 11.8. The first-order chi connectivity index (χ1) is 11.2. The molecule has 1 aliphatic heterocycles. The number of ether oxygens (including phenoxy) is 1. The van der Waals surface area contributed by atoms with Crippen molar-refractivity contribution in [1.29, 1.82) is 0 Å². The van der Waals surface area contributed by atoms with Gasteiger partial charge in [-0.1, -0.05) is 50.6 Å². The van der Waals surface area contributed by atoms with Crippen molar-refractivity contribution in [3.05, 3.63) is 35.5 Å². The molecule has 3 rings (SSSR count). The van der Waals surface area contributed by atoms with E-state index in [9.17, 15) is 9.90 Å². The maximum Gasteiger partial charge on any atom is 0.410 e. The van der Waals surface area contributed by atoms with Crippen molar-refractivity contribution >= 4 is 28.5 Å². The number of rotatable bonds is 2. The number of nitrogens with zero attached hydrogens (tertiary/aromatic N) is 2. The first-order valence-electron chi connectivity index (χ1n) is 7.99. The Morgan fingerprint density at radius 3 is 2.75 bits per heavy atom. The quantitative estimate of drug-likeness (QED) is 0.793. The molecular weight excluding hydrogens is 328 g/mol. The van der Waals surface area contributed by atoms with E-state index in [1.807, 2.05) is 45.0 Å². The summed E-state index contributed by atoms with van der Waals surface area (Å²) in [7, 11) is 0. The van der Waals surface area contributed by atoms with Crippen LogP contribution in [0.5, 0.6) is 5.88 Å². The molecule has 24 heavy (non-hydrogen) atoms. The van der Waals surface area contributed by atoms with Crippen molar-refractivity contribution in [3.63, 3.8) is 0 Å². The Balaban J connectivity index is 2.15. The van der Waals surface area contributed by atoms with E-state index in [1.165, 1.54) is 4.90 Å². The Morgan fingerprint density at radius 2 is 2.08 bits per heavy atom. The van der Waals surface area contributed by atoms with Gasteiger partial charge in [0.05, 0.1) is 0 Å². The van der Waals surface area contributed by atoms with Gasteiger partial charge in [0.2, 0.25) is 5.88 Å². The number of carbonyl (C=O) groups is 1. The molecule has 1 N–H and O–H groups in total. The third-order valence-electron chi connectivity index (χ3n) is 4.68. The summed E-state index contributed by atoms with van der Waals surface area (Å²) in [5.41, 5.74) is -1.40. The van der Waals surface area contributed by atoms with Crippen molar-refractivity contribution in [3.8, 4) is 5.88 Å². The highest BCUT2D eigenvalue weighted by Gasteiger charge is 2.54. The number of aromatic nitrogens is 1. The summed E-state index contributed by atoms with van der Waals surface area (Å²) in [6.45, 7) is 6.41. The fourth-order valence-electron chi connectivity index (χ4n) is 3.45. The first-order valence-corrected chi connectivity index (χ1v) is 8.37. The minimum atomic E-state index is -0.978. The van der Waals surface area contributed by atoms with Crippen molar-refractivity contribution in [2.45, 2.75) is 39.3 Å². The highest BCUT2D eigenvalue weighted by molar-refractivity contribution is 6.30. The molecule has 1 aliphatic rings. The van der Waals surface area contributed by atoms with Gasteiger partial charge in [-0.3, -0.25) is 4.90 Å². The molecule has 1 saturated heterocycles. The molecule has 0 bridgehead atoms.